The van der Waals surface area contributed by atoms with Gasteiger partial charge in [0.1, 0.15) is 5.54 Å². The molecule has 166 valence electrons. The van der Waals surface area contributed by atoms with Crippen molar-refractivity contribution < 1.29 is 4.79 Å². The largest absolute Gasteiger partial charge is 0.369 e. The molecule has 1 unspecified atom stereocenters. The second-order valence-corrected chi connectivity index (χ2v) is 9.37. The van der Waals surface area contributed by atoms with Crippen molar-refractivity contribution in [3.8, 4) is 17.2 Å². The Morgan fingerprint density at radius 3 is 2.76 bits per heavy atom. The topological polar surface area (TPSA) is 82.5 Å². The van der Waals surface area contributed by atoms with Crippen LogP contribution < -0.4 is 5.73 Å². The van der Waals surface area contributed by atoms with Crippen molar-refractivity contribution in [2.75, 3.05) is 7.05 Å². The summed E-state index contributed by atoms with van der Waals surface area (Å²) in [5.41, 5.74) is 10.3. The molecule has 0 fully saturated rings. The minimum atomic E-state index is -0.778. The quantitative estimate of drug-likeness (QED) is 0.567. The fourth-order valence-electron chi connectivity index (χ4n) is 4.16. The summed E-state index contributed by atoms with van der Waals surface area (Å²) in [6, 6.07) is 19.9. The first-order valence-electron chi connectivity index (χ1n) is 10.8. The van der Waals surface area contributed by atoms with Crippen LogP contribution in [0.2, 0.25) is 0 Å². The molecule has 0 saturated heterocycles. The van der Waals surface area contributed by atoms with Gasteiger partial charge in [0, 0.05) is 11.9 Å². The Morgan fingerprint density at radius 1 is 1.21 bits per heavy atom. The van der Waals surface area contributed by atoms with Crippen molar-refractivity contribution in [2.45, 2.75) is 25.8 Å². The van der Waals surface area contributed by atoms with Gasteiger partial charge >= 0.3 is 0 Å². The van der Waals surface area contributed by atoms with Gasteiger partial charge in [-0.1, -0.05) is 48.6 Å². The molecule has 2 atom stereocenters. The molecule has 5 nitrogen and oxygen atoms in total. The highest BCUT2D eigenvalue weighted by Gasteiger charge is 2.46. The average Bonchev–Trinajstić information content (AvgIpc) is 3.32. The van der Waals surface area contributed by atoms with Crippen LogP contribution in [0, 0.1) is 24.2 Å². The van der Waals surface area contributed by atoms with Gasteiger partial charge in [-0.25, -0.2) is 4.99 Å². The molecule has 6 heteroatoms. The lowest BCUT2D eigenvalue weighted by atomic mass is 9.79. The molecular weight excluding hydrogens is 428 g/mol. The highest BCUT2D eigenvalue weighted by atomic mass is 32.1. The summed E-state index contributed by atoms with van der Waals surface area (Å²) in [5, 5.41) is 11.3. The minimum absolute atomic E-state index is 0.0409. The molecule has 0 saturated carbocycles. The number of carbonyl (C=O) groups excluding carboxylic acids is 1. The van der Waals surface area contributed by atoms with E-state index in [1.54, 1.807) is 24.5 Å². The van der Waals surface area contributed by atoms with Crippen LogP contribution in [0.1, 0.15) is 34.9 Å². The zero-order valence-electron chi connectivity index (χ0n) is 18.9. The van der Waals surface area contributed by atoms with E-state index in [-0.39, 0.29) is 17.8 Å². The molecule has 0 bridgehead atoms. The third kappa shape index (κ3) is 4.33. The molecule has 2 aromatic carbocycles. The number of benzene rings is 2. The Kier molecular flexibility index (Phi) is 6.17. The van der Waals surface area contributed by atoms with Gasteiger partial charge in [-0.05, 0) is 66.1 Å². The van der Waals surface area contributed by atoms with Gasteiger partial charge in [0.2, 0.25) is 5.91 Å². The van der Waals surface area contributed by atoms with Crippen molar-refractivity contribution in [2.24, 2.45) is 16.6 Å². The van der Waals surface area contributed by atoms with Gasteiger partial charge in [0.05, 0.1) is 17.6 Å². The minimum Gasteiger partial charge on any atom is -0.369 e. The van der Waals surface area contributed by atoms with E-state index >= 15 is 0 Å². The van der Waals surface area contributed by atoms with E-state index in [2.05, 4.69) is 43.3 Å². The SMILES string of the molecule is Cc1ccccc1/C=C/CC1C(=O)N(C)C(N)=N[C@]1(C)c1cc(-c2cccc(C#N)c2)cs1. The summed E-state index contributed by atoms with van der Waals surface area (Å²) in [5.74, 6) is -0.198. The van der Waals surface area contributed by atoms with Crippen molar-refractivity contribution in [1.82, 2.24) is 4.90 Å². The zero-order chi connectivity index (χ0) is 23.6. The Bertz CT molecular complexity index is 1300. The Morgan fingerprint density at radius 2 is 2.00 bits per heavy atom. The number of carbonyl (C=O) groups is 1. The number of nitriles is 1. The molecule has 2 heterocycles. The van der Waals surface area contributed by atoms with E-state index in [0.29, 0.717) is 12.0 Å². The second kappa shape index (κ2) is 9.05. The first kappa shape index (κ1) is 22.5. The average molecular weight is 455 g/mol. The number of nitrogens with zero attached hydrogens (tertiary/aromatic N) is 3. The van der Waals surface area contributed by atoms with Gasteiger partial charge in [-0.15, -0.1) is 11.3 Å². The predicted molar refractivity (Wildman–Crippen MR) is 135 cm³/mol. The van der Waals surface area contributed by atoms with Crippen molar-refractivity contribution in [3.05, 3.63) is 87.6 Å². The first-order chi connectivity index (χ1) is 15.8. The summed E-state index contributed by atoms with van der Waals surface area (Å²) in [4.78, 5) is 20.5. The molecule has 2 N–H and O–H groups in total. The highest BCUT2D eigenvalue weighted by molar-refractivity contribution is 7.10. The molecule has 1 aliphatic heterocycles. The van der Waals surface area contributed by atoms with Crippen molar-refractivity contribution in [3.63, 3.8) is 0 Å². The predicted octanol–water partition coefficient (Wildman–Crippen LogP) is 5.32. The van der Waals surface area contributed by atoms with Gasteiger partial charge < -0.3 is 5.73 Å². The lowest BCUT2D eigenvalue weighted by Crippen LogP contribution is -2.53. The normalized spacial score (nSPS) is 20.7. The summed E-state index contributed by atoms with van der Waals surface area (Å²) < 4.78 is 0. The van der Waals surface area contributed by atoms with Crippen LogP contribution in [-0.4, -0.2) is 23.8 Å². The Labute approximate surface area is 198 Å². The number of rotatable bonds is 5. The molecular formula is C27H26N4OS. The number of hydrogen-bond donors (Lipinski definition) is 1. The molecule has 0 aliphatic carbocycles. The molecule has 4 rings (SSSR count). The van der Waals surface area contributed by atoms with Crippen LogP contribution in [0.15, 0.2) is 71.0 Å². The maximum atomic E-state index is 13.3. The number of nitrogens with two attached hydrogens (primary N) is 1. The van der Waals surface area contributed by atoms with Crippen LogP contribution in [0.4, 0.5) is 0 Å². The van der Waals surface area contributed by atoms with Crippen molar-refractivity contribution in [1.29, 1.82) is 5.26 Å². The van der Waals surface area contributed by atoms with Gasteiger partial charge in [-0.3, -0.25) is 9.69 Å². The van der Waals surface area contributed by atoms with Crippen LogP contribution in [0.3, 0.4) is 0 Å². The molecule has 3 aromatic rings. The lowest BCUT2D eigenvalue weighted by molar-refractivity contribution is -0.133. The van der Waals surface area contributed by atoms with E-state index in [1.165, 1.54) is 10.5 Å². The molecule has 1 aromatic heterocycles. The fraction of sp³-hybridized carbons (Fsp3) is 0.222. The summed E-state index contributed by atoms with van der Waals surface area (Å²) >= 11 is 1.56. The monoisotopic (exact) mass is 454 g/mol. The van der Waals surface area contributed by atoms with Crippen molar-refractivity contribution >= 4 is 29.3 Å². The Balaban J connectivity index is 1.69. The number of allylic oxidation sites excluding steroid dienone is 1. The van der Waals surface area contributed by atoms with Gasteiger partial charge in [-0.2, -0.15) is 5.26 Å². The first-order valence-corrected chi connectivity index (χ1v) is 11.7. The third-order valence-corrected chi connectivity index (χ3v) is 7.44. The molecule has 0 radical (unpaired) electrons. The van der Waals surface area contributed by atoms with Gasteiger partial charge in [0.25, 0.3) is 0 Å². The number of aliphatic imine (C=N–C) groups is 1. The highest BCUT2D eigenvalue weighted by Crippen LogP contribution is 2.44. The third-order valence-electron chi connectivity index (χ3n) is 6.28. The number of aryl methyl sites for hydroxylation is 1. The zero-order valence-corrected chi connectivity index (χ0v) is 19.8. The van der Waals surface area contributed by atoms with E-state index < -0.39 is 5.54 Å². The number of thiophene rings is 1. The summed E-state index contributed by atoms with van der Waals surface area (Å²) in [7, 11) is 1.67. The number of hydrogen-bond acceptors (Lipinski definition) is 5. The summed E-state index contributed by atoms with van der Waals surface area (Å²) in [6.45, 7) is 4.06. The number of amides is 1. The molecule has 0 spiro atoms. The maximum Gasteiger partial charge on any atom is 0.235 e. The van der Waals surface area contributed by atoms with Crippen LogP contribution >= 0.6 is 11.3 Å². The standard InChI is InChI=1S/C27H26N4OS/c1-18-8-4-5-10-20(18)11-7-13-23-25(32)31(3)26(29)30-27(23,2)24-15-22(17-33-24)21-12-6-9-19(14-21)16-28/h4-12,14-15,17,23H,13H2,1-3H3,(H2,29,30)/b11-7+/t23?,27-/m0/s1. The van der Waals surface area contributed by atoms with E-state index in [9.17, 15) is 10.1 Å². The van der Waals surface area contributed by atoms with Crippen LogP contribution in [0.25, 0.3) is 17.2 Å². The van der Waals surface area contributed by atoms with Crippen LogP contribution in [-0.2, 0) is 10.3 Å². The number of guanidine groups is 1. The molecule has 1 amide bonds. The second-order valence-electron chi connectivity index (χ2n) is 8.45. The lowest BCUT2D eigenvalue weighted by Gasteiger charge is -2.39. The maximum absolute atomic E-state index is 13.3. The van der Waals surface area contributed by atoms with E-state index in [1.807, 2.05) is 42.6 Å². The summed E-state index contributed by atoms with van der Waals surface area (Å²) in [6.07, 6.45) is 4.67. The molecule has 33 heavy (non-hydrogen) atoms. The Hall–Kier alpha value is -3.69. The van der Waals surface area contributed by atoms with Crippen LogP contribution in [0.5, 0.6) is 0 Å². The van der Waals surface area contributed by atoms with Gasteiger partial charge in [0.15, 0.2) is 5.96 Å². The van der Waals surface area contributed by atoms with E-state index in [0.717, 1.165) is 21.6 Å². The fourth-order valence-corrected chi connectivity index (χ4v) is 5.24. The smallest absolute Gasteiger partial charge is 0.235 e. The van der Waals surface area contributed by atoms with E-state index in [4.69, 9.17) is 10.7 Å². The molecule has 1 aliphatic rings.